The first-order chi connectivity index (χ1) is 8.99. The number of aromatic nitrogens is 1. The van der Waals surface area contributed by atoms with Crippen molar-refractivity contribution in [2.75, 3.05) is 5.43 Å². The zero-order valence-corrected chi connectivity index (χ0v) is 11.7. The maximum Gasteiger partial charge on any atom is 0.314 e. The van der Waals surface area contributed by atoms with Crippen LogP contribution in [-0.2, 0) is 0 Å². The van der Waals surface area contributed by atoms with Crippen LogP contribution in [0.25, 0.3) is 0 Å². The number of hydrogen-bond donors (Lipinski definition) is 1. The van der Waals surface area contributed by atoms with Gasteiger partial charge < -0.3 is 0 Å². The Morgan fingerprint density at radius 3 is 2.68 bits per heavy atom. The summed E-state index contributed by atoms with van der Waals surface area (Å²) in [5, 5.41) is 13.3. The fraction of sp³-hybridized carbons (Fsp3) is 0.583. The second-order valence-corrected chi connectivity index (χ2v) is 5.36. The molecule has 7 heteroatoms. The summed E-state index contributed by atoms with van der Waals surface area (Å²) in [6.45, 7) is 4.20. The van der Waals surface area contributed by atoms with Crippen LogP contribution in [0.15, 0.2) is 12.3 Å². The molecule has 2 unspecified atom stereocenters. The van der Waals surface area contributed by atoms with Crippen LogP contribution in [-0.4, -0.2) is 27.0 Å². The van der Waals surface area contributed by atoms with E-state index in [2.05, 4.69) is 24.3 Å². The van der Waals surface area contributed by atoms with Crippen molar-refractivity contribution in [3.05, 3.63) is 27.4 Å². The van der Waals surface area contributed by atoms with Crippen molar-refractivity contribution in [2.24, 2.45) is 0 Å². The van der Waals surface area contributed by atoms with E-state index in [4.69, 9.17) is 11.6 Å². The Morgan fingerprint density at radius 1 is 1.47 bits per heavy atom. The topological polar surface area (TPSA) is 71.3 Å². The molecule has 2 rings (SSSR count). The number of halogens is 1. The van der Waals surface area contributed by atoms with Crippen molar-refractivity contribution < 1.29 is 4.92 Å². The van der Waals surface area contributed by atoms with Crippen LogP contribution in [0, 0.1) is 10.1 Å². The summed E-state index contributed by atoms with van der Waals surface area (Å²) in [6, 6.07) is 1.96. The van der Waals surface area contributed by atoms with E-state index in [0.29, 0.717) is 12.1 Å². The molecule has 6 nitrogen and oxygen atoms in total. The van der Waals surface area contributed by atoms with E-state index < -0.39 is 4.92 Å². The van der Waals surface area contributed by atoms with Gasteiger partial charge in [-0.25, -0.2) is 9.99 Å². The molecule has 1 aliphatic heterocycles. The first-order valence-electron chi connectivity index (χ1n) is 6.34. The largest absolute Gasteiger partial charge is 0.314 e. The van der Waals surface area contributed by atoms with Crippen molar-refractivity contribution in [3.63, 3.8) is 0 Å². The summed E-state index contributed by atoms with van der Waals surface area (Å²) in [5.74, 6) is 0.245. The van der Waals surface area contributed by atoms with Crippen molar-refractivity contribution in [2.45, 2.75) is 45.2 Å². The second kappa shape index (κ2) is 5.71. The van der Waals surface area contributed by atoms with Gasteiger partial charge in [-0.1, -0.05) is 18.0 Å². The Labute approximate surface area is 116 Å². The normalized spacial score (nSPS) is 24.2. The van der Waals surface area contributed by atoms with Crippen molar-refractivity contribution >= 4 is 23.1 Å². The Hall–Kier alpha value is -1.40. The van der Waals surface area contributed by atoms with Crippen LogP contribution < -0.4 is 5.43 Å². The van der Waals surface area contributed by atoms with Crippen LogP contribution >= 0.6 is 11.6 Å². The number of anilines is 1. The molecule has 1 aromatic heterocycles. The molecular weight excluding hydrogens is 268 g/mol. The molecule has 1 saturated heterocycles. The molecule has 1 aromatic rings. The number of nitrogens with zero attached hydrogens (tertiary/aromatic N) is 3. The lowest BCUT2D eigenvalue weighted by Crippen LogP contribution is -2.47. The van der Waals surface area contributed by atoms with Crippen molar-refractivity contribution in [1.29, 1.82) is 0 Å². The lowest BCUT2D eigenvalue weighted by atomic mass is 10.00. The highest BCUT2D eigenvalue weighted by atomic mass is 35.5. The molecule has 0 aromatic carbocycles. The molecule has 2 atom stereocenters. The Balaban J connectivity index is 2.24. The quantitative estimate of drug-likeness (QED) is 0.681. The highest BCUT2D eigenvalue weighted by Gasteiger charge is 2.27. The predicted octanol–water partition coefficient (Wildman–Crippen LogP) is 3.23. The van der Waals surface area contributed by atoms with E-state index >= 15 is 0 Å². The average Bonchev–Trinajstić information content (AvgIpc) is 2.35. The first kappa shape index (κ1) is 14.0. The summed E-state index contributed by atoms with van der Waals surface area (Å²) in [5.41, 5.74) is 2.98. The standard InChI is InChI=1S/C12H17ClN4O2/c1-8-4-3-5-9(2)16(8)15-12-11(17(18)19)6-10(13)7-14-12/h6-9H,3-5H2,1-2H3,(H,14,15). The van der Waals surface area contributed by atoms with Gasteiger partial charge in [0, 0.05) is 24.3 Å². The molecule has 0 bridgehead atoms. The molecule has 19 heavy (non-hydrogen) atoms. The van der Waals surface area contributed by atoms with Gasteiger partial charge in [0.25, 0.3) is 0 Å². The van der Waals surface area contributed by atoms with E-state index in [1.807, 2.05) is 5.01 Å². The van der Waals surface area contributed by atoms with Gasteiger partial charge in [0.15, 0.2) is 0 Å². The van der Waals surface area contributed by atoms with Gasteiger partial charge in [0.1, 0.15) is 0 Å². The van der Waals surface area contributed by atoms with Crippen LogP contribution in [0.2, 0.25) is 5.02 Å². The van der Waals surface area contributed by atoms with Crippen LogP contribution in [0.4, 0.5) is 11.5 Å². The number of rotatable bonds is 3. The molecule has 0 spiro atoms. The van der Waals surface area contributed by atoms with Gasteiger partial charge in [-0.3, -0.25) is 15.5 Å². The van der Waals surface area contributed by atoms with E-state index in [1.165, 1.54) is 18.7 Å². The molecule has 1 N–H and O–H groups in total. The molecule has 1 aliphatic rings. The molecule has 0 aliphatic carbocycles. The lowest BCUT2D eigenvalue weighted by Gasteiger charge is -2.38. The number of nitro groups is 1. The zero-order valence-electron chi connectivity index (χ0n) is 11.0. The highest BCUT2D eigenvalue weighted by Crippen LogP contribution is 2.28. The predicted molar refractivity (Wildman–Crippen MR) is 74.1 cm³/mol. The number of hydrazine groups is 1. The fourth-order valence-corrected chi connectivity index (χ4v) is 2.57. The molecule has 104 valence electrons. The number of piperidine rings is 1. The summed E-state index contributed by atoms with van der Waals surface area (Å²) < 4.78 is 0. The summed E-state index contributed by atoms with van der Waals surface area (Å²) >= 11 is 5.75. The van der Waals surface area contributed by atoms with Gasteiger partial charge in [-0.15, -0.1) is 0 Å². The Kier molecular flexibility index (Phi) is 4.21. The average molecular weight is 285 g/mol. The van der Waals surface area contributed by atoms with Gasteiger partial charge in [0.05, 0.1) is 9.95 Å². The second-order valence-electron chi connectivity index (χ2n) is 4.93. The molecule has 0 saturated carbocycles. The number of nitrogens with one attached hydrogen (secondary N) is 1. The van der Waals surface area contributed by atoms with E-state index in [1.54, 1.807) is 0 Å². The number of hydrogen-bond acceptors (Lipinski definition) is 5. The van der Waals surface area contributed by atoms with E-state index in [0.717, 1.165) is 12.8 Å². The Morgan fingerprint density at radius 2 is 2.11 bits per heavy atom. The third-order valence-corrected chi connectivity index (χ3v) is 3.67. The lowest BCUT2D eigenvalue weighted by molar-refractivity contribution is -0.384. The molecular formula is C12H17ClN4O2. The maximum absolute atomic E-state index is 11.0. The minimum atomic E-state index is -0.472. The summed E-state index contributed by atoms with van der Waals surface area (Å²) in [7, 11) is 0. The monoisotopic (exact) mass is 284 g/mol. The van der Waals surface area contributed by atoms with E-state index in [9.17, 15) is 10.1 Å². The SMILES string of the molecule is CC1CCCC(C)N1Nc1ncc(Cl)cc1[N+](=O)[O-]. The highest BCUT2D eigenvalue weighted by molar-refractivity contribution is 6.30. The molecule has 2 heterocycles. The van der Waals surface area contributed by atoms with Gasteiger partial charge in [-0.05, 0) is 26.7 Å². The molecule has 0 radical (unpaired) electrons. The molecule has 0 amide bonds. The Bertz CT molecular complexity index is 473. The third kappa shape index (κ3) is 3.13. The zero-order chi connectivity index (χ0) is 14.0. The first-order valence-corrected chi connectivity index (χ1v) is 6.71. The maximum atomic E-state index is 11.0. The van der Waals surface area contributed by atoms with Crippen LogP contribution in [0.3, 0.4) is 0 Å². The number of pyridine rings is 1. The van der Waals surface area contributed by atoms with E-state index in [-0.39, 0.29) is 16.5 Å². The third-order valence-electron chi connectivity index (χ3n) is 3.46. The van der Waals surface area contributed by atoms with Gasteiger partial charge in [-0.2, -0.15) is 0 Å². The smallest absolute Gasteiger partial charge is 0.297 e. The minimum absolute atomic E-state index is 0.0996. The minimum Gasteiger partial charge on any atom is -0.297 e. The summed E-state index contributed by atoms with van der Waals surface area (Å²) in [4.78, 5) is 14.6. The van der Waals surface area contributed by atoms with Crippen LogP contribution in [0.1, 0.15) is 33.1 Å². The van der Waals surface area contributed by atoms with Gasteiger partial charge in [0.2, 0.25) is 5.82 Å². The molecule has 1 fully saturated rings. The van der Waals surface area contributed by atoms with Crippen molar-refractivity contribution in [3.8, 4) is 0 Å². The fourth-order valence-electron chi connectivity index (χ4n) is 2.42. The summed E-state index contributed by atoms with van der Waals surface area (Å²) in [6.07, 6.45) is 4.73. The van der Waals surface area contributed by atoms with Crippen molar-refractivity contribution in [1.82, 2.24) is 9.99 Å². The van der Waals surface area contributed by atoms with Crippen LogP contribution in [0.5, 0.6) is 0 Å². The van der Waals surface area contributed by atoms with Gasteiger partial charge >= 0.3 is 5.69 Å².